The van der Waals surface area contributed by atoms with Gasteiger partial charge in [0, 0.05) is 67.4 Å². The molecular weight excluding hydrogens is 474 g/mol. The van der Waals surface area contributed by atoms with Crippen LogP contribution in [0.15, 0.2) is 30.3 Å². The predicted molar refractivity (Wildman–Crippen MR) is 138 cm³/mol. The van der Waals surface area contributed by atoms with Gasteiger partial charge in [-0.05, 0) is 49.7 Å². The Morgan fingerprint density at radius 2 is 1.84 bits per heavy atom. The number of Topliss-reactive ketones (excluding diaryl/α,β-unsaturated/α-hetero) is 1. The van der Waals surface area contributed by atoms with Crippen LogP contribution in [0.1, 0.15) is 51.5 Å². The number of nitrogens with zero attached hydrogens (tertiary/aromatic N) is 3. The molecule has 1 aliphatic carbocycles. The van der Waals surface area contributed by atoms with Gasteiger partial charge in [0.15, 0.2) is 0 Å². The maximum Gasteiger partial charge on any atom is 0.246 e. The number of rotatable bonds is 8. The van der Waals surface area contributed by atoms with Crippen LogP contribution in [-0.2, 0) is 14.4 Å². The molecule has 3 atom stereocenters. The Morgan fingerprint density at radius 3 is 2.51 bits per heavy atom. The molecule has 3 fully saturated rings. The number of amides is 2. The van der Waals surface area contributed by atoms with Crippen LogP contribution in [0.5, 0.6) is 5.75 Å². The molecule has 0 radical (unpaired) electrons. The Hall–Kier alpha value is -3.23. The van der Waals surface area contributed by atoms with Crippen molar-refractivity contribution in [1.29, 1.82) is 0 Å². The van der Waals surface area contributed by atoms with E-state index >= 15 is 0 Å². The van der Waals surface area contributed by atoms with Gasteiger partial charge in [-0.15, -0.1) is 0 Å². The van der Waals surface area contributed by atoms with E-state index in [4.69, 9.17) is 4.74 Å². The van der Waals surface area contributed by atoms with Gasteiger partial charge in [-0.3, -0.25) is 24.5 Å². The van der Waals surface area contributed by atoms with Crippen molar-refractivity contribution in [2.24, 2.45) is 23.2 Å². The van der Waals surface area contributed by atoms with E-state index in [-0.39, 0.29) is 52.7 Å². The van der Waals surface area contributed by atoms with Crippen LogP contribution in [0.3, 0.4) is 0 Å². The third kappa shape index (κ3) is 6.19. The Balaban J connectivity index is 1.29. The van der Waals surface area contributed by atoms with E-state index in [0.29, 0.717) is 39.2 Å². The molecule has 1 saturated carbocycles. The van der Waals surface area contributed by atoms with Crippen molar-refractivity contribution in [1.82, 2.24) is 9.80 Å². The molecule has 1 aromatic rings. The minimum Gasteiger partial charge on any atom is -0.493 e. The van der Waals surface area contributed by atoms with Crippen molar-refractivity contribution in [2.45, 2.75) is 46.0 Å². The predicted octanol–water partition coefficient (Wildman–Crippen LogP) is 3.45. The summed E-state index contributed by atoms with van der Waals surface area (Å²) in [5, 5.41) is 11.1. The highest BCUT2D eigenvalue weighted by molar-refractivity contribution is 5.92. The molecule has 0 N–H and O–H groups in total. The highest BCUT2D eigenvalue weighted by Crippen LogP contribution is 2.42. The van der Waals surface area contributed by atoms with Crippen LogP contribution in [0.2, 0.25) is 0 Å². The molecular formula is C28H37N3O6. The molecule has 3 aliphatic rings. The zero-order valence-electron chi connectivity index (χ0n) is 21.8. The number of ketones is 1. The number of hydrogen-bond donors (Lipinski definition) is 0. The molecule has 2 heterocycles. The van der Waals surface area contributed by atoms with Gasteiger partial charge in [-0.25, -0.2) is 0 Å². The first-order valence-electron chi connectivity index (χ1n) is 13.3. The van der Waals surface area contributed by atoms with Gasteiger partial charge in [0.1, 0.15) is 11.5 Å². The summed E-state index contributed by atoms with van der Waals surface area (Å²) in [5.41, 5.74) is 0.858. The molecule has 9 nitrogen and oxygen atoms in total. The smallest absolute Gasteiger partial charge is 0.246 e. The van der Waals surface area contributed by atoms with Gasteiger partial charge in [-0.1, -0.05) is 25.1 Å². The monoisotopic (exact) mass is 511 g/mol. The minimum absolute atomic E-state index is 0.00899. The summed E-state index contributed by atoms with van der Waals surface area (Å²) in [6.45, 7) is 6.63. The lowest BCUT2D eigenvalue weighted by molar-refractivity contribution is -0.490. The molecule has 0 bridgehead atoms. The first kappa shape index (κ1) is 26.8. The van der Waals surface area contributed by atoms with Gasteiger partial charge in [0.05, 0.1) is 6.61 Å². The Labute approximate surface area is 218 Å². The Bertz CT molecular complexity index is 1060. The molecule has 2 amide bonds. The van der Waals surface area contributed by atoms with Crippen molar-refractivity contribution < 1.29 is 24.0 Å². The summed E-state index contributed by atoms with van der Waals surface area (Å²) in [5.74, 6) is -0.366. The van der Waals surface area contributed by atoms with Crippen LogP contribution in [0.4, 0.5) is 0 Å². The molecule has 1 spiro atoms. The fourth-order valence-electron chi connectivity index (χ4n) is 6.25. The summed E-state index contributed by atoms with van der Waals surface area (Å²) in [6.07, 6.45) is 6.31. The topological polar surface area (TPSA) is 110 Å². The summed E-state index contributed by atoms with van der Waals surface area (Å²) in [7, 11) is 0. The highest BCUT2D eigenvalue weighted by Gasteiger charge is 2.46. The normalized spacial score (nSPS) is 25.2. The van der Waals surface area contributed by atoms with Gasteiger partial charge < -0.3 is 14.5 Å². The second-order valence-corrected chi connectivity index (χ2v) is 10.8. The van der Waals surface area contributed by atoms with E-state index in [2.05, 4.69) is 0 Å². The lowest BCUT2D eigenvalue weighted by atomic mass is 9.77. The highest BCUT2D eigenvalue weighted by atomic mass is 16.6. The standard InChI is InChI=1S/C28H37N3O6/c1-3-37-25-7-5-4-6-21(25)8-9-26(33)29-13-10-28(11-14-29)12-15-30(19-28)27(34)17-22-23(18-31(35)36)20(2)16-24(22)32/h4-9,20,22-23H,3,10-19H2,1-2H3/b9-8+/t20-,22-,23+/m1/s1. The van der Waals surface area contributed by atoms with E-state index in [1.807, 2.05) is 47.9 Å². The lowest BCUT2D eigenvalue weighted by Crippen LogP contribution is -2.44. The fraction of sp³-hybridized carbons (Fsp3) is 0.607. The average molecular weight is 512 g/mol. The molecule has 2 saturated heterocycles. The molecule has 0 aromatic heterocycles. The minimum atomic E-state index is -0.552. The van der Waals surface area contributed by atoms with Gasteiger partial charge in [0.2, 0.25) is 18.4 Å². The zero-order valence-corrected chi connectivity index (χ0v) is 21.8. The molecule has 4 rings (SSSR count). The summed E-state index contributed by atoms with van der Waals surface area (Å²) in [6, 6.07) is 7.62. The number of hydrogen-bond acceptors (Lipinski definition) is 6. The SMILES string of the molecule is CCOc1ccccc1/C=C/C(=O)N1CCC2(CC1)CCN(C(=O)C[C@H]1C(=O)C[C@@H](C)[C@@H]1C[N+](=O)[O-])C2. The third-order valence-corrected chi connectivity index (χ3v) is 8.49. The van der Waals surface area contributed by atoms with Gasteiger partial charge >= 0.3 is 0 Å². The maximum atomic E-state index is 13.1. The second-order valence-electron chi connectivity index (χ2n) is 10.8. The Morgan fingerprint density at radius 1 is 1.16 bits per heavy atom. The van der Waals surface area contributed by atoms with E-state index in [1.165, 1.54) is 0 Å². The summed E-state index contributed by atoms with van der Waals surface area (Å²) >= 11 is 0. The van der Waals surface area contributed by atoms with Crippen LogP contribution in [0.25, 0.3) is 6.08 Å². The average Bonchev–Trinajstić information content (AvgIpc) is 3.39. The van der Waals surface area contributed by atoms with Crippen LogP contribution in [-0.4, -0.2) is 71.7 Å². The van der Waals surface area contributed by atoms with Crippen LogP contribution < -0.4 is 4.74 Å². The number of piperidine rings is 1. The van der Waals surface area contributed by atoms with Crippen molar-refractivity contribution in [3.8, 4) is 5.75 Å². The fourth-order valence-corrected chi connectivity index (χ4v) is 6.25. The summed E-state index contributed by atoms with van der Waals surface area (Å²) in [4.78, 5) is 52.8. The molecule has 2 aliphatic heterocycles. The number of nitro groups is 1. The number of carbonyl (C=O) groups is 3. The molecule has 0 unspecified atom stereocenters. The quantitative estimate of drug-likeness (QED) is 0.300. The number of carbonyl (C=O) groups excluding carboxylic acids is 3. The van der Waals surface area contributed by atoms with E-state index in [1.54, 1.807) is 12.2 Å². The third-order valence-electron chi connectivity index (χ3n) is 8.49. The molecule has 1 aromatic carbocycles. The number of para-hydroxylation sites is 1. The number of ether oxygens (including phenoxy) is 1. The molecule has 9 heteroatoms. The van der Waals surface area contributed by atoms with Crippen molar-refractivity contribution >= 4 is 23.7 Å². The van der Waals surface area contributed by atoms with Crippen molar-refractivity contribution in [3.63, 3.8) is 0 Å². The molecule has 37 heavy (non-hydrogen) atoms. The van der Waals surface area contributed by atoms with E-state index in [0.717, 1.165) is 30.6 Å². The first-order valence-corrected chi connectivity index (χ1v) is 13.3. The van der Waals surface area contributed by atoms with Crippen molar-refractivity contribution in [3.05, 3.63) is 46.0 Å². The van der Waals surface area contributed by atoms with Gasteiger partial charge in [0.25, 0.3) is 0 Å². The summed E-state index contributed by atoms with van der Waals surface area (Å²) < 4.78 is 5.63. The lowest BCUT2D eigenvalue weighted by Gasteiger charge is -2.39. The Kier molecular flexibility index (Phi) is 8.29. The largest absolute Gasteiger partial charge is 0.493 e. The van der Waals surface area contributed by atoms with E-state index in [9.17, 15) is 24.5 Å². The molecule has 200 valence electrons. The maximum absolute atomic E-state index is 13.1. The zero-order chi connectivity index (χ0) is 26.6. The van der Waals surface area contributed by atoms with Crippen LogP contribution in [0, 0.1) is 33.3 Å². The van der Waals surface area contributed by atoms with Crippen molar-refractivity contribution in [2.75, 3.05) is 39.3 Å². The van der Waals surface area contributed by atoms with Gasteiger partial charge in [-0.2, -0.15) is 0 Å². The van der Waals surface area contributed by atoms with E-state index < -0.39 is 5.92 Å². The van der Waals surface area contributed by atoms with Crippen LogP contribution >= 0.6 is 0 Å². The number of likely N-dealkylation sites (tertiary alicyclic amines) is 2. The second kappa shape index (κ2) is 11.4. The number of benzene rings is 1. The first-order chi connectivity index (χ1) is 17.7.